The van der Waals surface area contributed by atoms with Crippen molar-refractivity contribution in [2.45, 2.75) is 13.0 Å². The lowest BCUT2D eigenvalue weighted by Gasteiger charge is -2.31. The van der Waals surface area contributed by atoms with Crippen molar-refractivity contribution < 1.29 is 19.0 Å². The number of para-hydroxylation sites is 1. The van der Waals surface area contributed by atoms with Gasteiger partial charge in [-0.1, -0.05) is 18.2 Å². The van der Waals surface area contributed by atoms with Crippen LogP contribution in [0.5, 0.6) is 11.5 Å². The number of nitrogens with zero attached hydrogens (tertiary/aromatic N) is 3. The molecule has 1 fully saturated rings. The molecule has 0 unspecified atom stereocenters. The Morgan fingerprint density at radius 3 is 2.74 bits per heavy atom. The van der Waals surface area contributed by atoms with Crippen LogP contribution in [-0.4, -0.2) is 66.3 Å². The molecule has 0 amide bonds. The minimum Gasteiger partial charge on any atom is -0.478 e. The lowest BCUT2D eigenvalue weighted by atomic mass is 10.0. The molecule has 7 heteroatoms. The van der Waals surface area contributed by atoms with Crippen LogP contribution in [0.4, 0.5) is 0 Å². The summed E-state index contributed by atoms with van der Waals surface area (Å²) in [6.45, 7) is 6.94. The molecule has 0 bridgehead atoms. The van der Waals surface area contributed by atoms with E-state index in [1.165, 1.54) is 0 Å². The number of ketones is 1. The lowest BCUT2D eigenvalue weighted by Crippen LogP contribution is -2.39. The van der Waals surface area contributed by atoms with Crippen molar-refractivity contribution in [3.8, 4) is 11.5 Å². The van der Waals surface area contributed by atoms with Gasteiger partial charge in [-0.15, -0.1) is 0 Å². The van der Waals surface area contributed by atoms with Gasteiger partial charge in [-0.2, -0.15) is 0 Å². The Kier molecular flexibility index (Phi) is 5.61. The molecule has 1 saturated heterocycles. The third-order valence-electron chi connectivity index (χ3n) is 6.95. The van der Waals surface area contributed by atoms with Crippen LogP contribution in [0.2, 0.25) is 0 Å². The summed E-state index contributed by atoms with van der Waals surface area (Å²) in [5.41, 5.74) is 3.67. The summed E-state index contributed by atoms with van der Waals surface area (Å²) in [6, 6.07) is 11.9. The molecular weight excluding hydrogens is 430 g/mol. The van der Waals surface area contributed by atoms with E-state index in [-0.39, 0.29) is 5.78 Å². The minimum absolute atomic E-state index is 0.0739. The number of hydrogen-bond donors (Lipinski definition) is 0. The summed E-state index contributed by atoms with van der Waals surface area (Å²) >= 11 is 0. The van der Waals surface area contributed by atoms with Crippen LogP contribution in [0.15, 0.2) is 48.4 Å². The third kappa shape index (κ3) is 3.90. The van der Waals surface area contributed by atoms with Crippen LogP contribution in [0.1, 0.15) is 27.9 Å². The van der Waals surface area contributed by atoms with E-state index in [9.17, 15) is 4.79 Å². The SMILES string of the molecule is Cn1cc(/C=C2\Oc3c(ccc4c3CN(CCCN3CCOCC3)CO4)C2=O)c2ccccc21. The molecule has 3 aliphatic heterocycles. The van der Waals surface area contributed by atoms with Crippen molar-refractivity contribution in [1.82, 2.24) is 14.4 Å². The average Bonchev–Trinajstić information content (AvgIpc) is 3.36. The highest BCUT2D eigenvalue weighted by Gasteiger charge is 2.33. The normalized spacial score (nSPS) is 19.8. The quantitative estimate of drug-likeness (QED) is 0.543. The molecule has 0 spiro atoms. The van der Waals surface area contributed by atoms with Crippen LogP contribution in [-0.2, 0) is 18.3 Å². The van der Waals surface area contributed by atoms with Crippen molar-refractivity contribution in [2.75, 3.05) is 46.1 Å². The number of benzene rings is 2. The van der Waals surface area contributed by atoms with E-state index >= 15 is 0 Å². The summed E-state index contributed by atoms with van der Waals surface area (Å²) in [5, 5.41) is 1.10. The van der Waals surface area contributed by atoms with Crippen LogP contribution >= 0.6 is 0 Å². The molecule has 7 nitrogen and oxygen atoms in total. The molecular formula is C27H29N3O4. The van der Waals surface area contributed by atoms with Crippen LogP contribution in [0.25, 0.3) is 17.0 Å². The first-order valence-corrected chi connectivity index (χ1v) is 12.0. The molecule has 2 aromatic carbocycles. The molecule has 176 valence electrons. The van der Waals surface area contributed by atoms with Gasteiger partial charge in [0.2, 0.25) is 5.78 Å². The third-order valence-corrected chi connectivity index (χ3v) is 6.95. The first-order chi connectivity index (χ1) is 16.7. The van der Waals surface area contributed by atoms with Crippen LogP contribution in [0.3, 0.4) is 0 Å². The maximum Gasteiger partial charge on any atom is 0.231 e. The average molecular weight is 460 g/mol. The number of ether oxygens (including phenoxy) is 3. The molecule has 0 atom stereocenters. The summed E-state index contributed by atoms with van der Waals surface area (Å²) in [5.74, 6) is 1.74. The number of morpholine rings is 1. The Balaban J connectivity index is 1.20. The molecule has 3 aliphatic rings. The monoisotopic (exact) mass is 459 g/mol. The van der Waals surface area contributed by atoms with E-state index in [1.54, 1.807) is 0 Å². The fourth-order valence-electron chi connectivity index (χ4n) is 5.12. The number of allylic oxidation sites excluding steroid dienone is 1. The second-order valence-electron chi connectivity index (χ2n) is 9.20. The number of rotatable bonds is 5. The zero-order valence-corrected chi connectivity index (χ0v) is 19.5. The summed E-state index contributed by atoms with van der Waals surface area (Å²) in [4.78, 5) is 17.9. The van der Waals surface area contributed by atoms with E-state index in [2.05, 4.69) is 26.5 Å². The van der Waals surface area contributed by atoms with Crippen molar-refractivity contribution >= 4 is 22.8 Å². The second kappa shape index (κ2) is 8.91. The zero-order valence-electron chi connectivity index (χ0n) is 19.5. The molecule has 34 heavy (non-hydrogen) atoms. The number of Topliss-reactive ketones (excluding diaryl/α,β-unsaturated/α-hetero) is 1. The first-order valence-electron chi connectivity index (χ1n) is 12.0. The Hall–Kier alpha value is -3.13. The van der Waals surface area contributed by atoms with Gasteiger partial charge in [-0.05, 0) is 37.2 Å². The van der Waals surface area contributed by atoms with E-state index in [0.717, 1.165) is 80.1 Å². The molecule has 6 rings (SSSR count). The van der Waals surface area contributed by atoms with Gasteiger partial charge in [-0.3, -0.25) is 14.6 Å². The van der Waals surface area contributed by atoms with Gasteiger partial charge < -0.3 is 18.8 Å². The highest BCUT2D eigenvalue weighted by atomic mass is 16.5. The van der Waals surface area contributed by atoms with E-state index in [4.69, 9.17) is 14.2 Å². The van der Waals surface area contributed by atoms with Gasteiger partial charge in [0, 0.05) is 55.9 Å². The van der Waals surface area contributed by atoms with Crippen molar-refractivity contribution in [3.63, 3.8) is 0 Å². The van der Waals surface area contributed by atoms with Crippen molar-refractivity contribution in [2.24, 2.45) is 7.05 Å². The number of aromatic nitrogens is 1. The smallest absolute Gasteiger partial charge is 0.231 e. The van der Waals surface area contributed by atoms with Crippen LogP contribution < -0.4 is 9.47 Å². The Morgan fingerprint density at radius 1 is 1.03 bits per heavy atom. The predicted molar refractivity (Wildman–Crippen MR) is 130 cm³/mol. The number of carbonyl (C=O) groups is 1. The topological polar surface area (TPSA) is 56.2 Å². The fourth-order valence-corrected chi connectivity index (χ4v) is 5.12. The molecule has 0 saturated carbocycles. The number of aryl methyl sites for hydroxylation is 1. The number of carbonyl (C=O) groups excluding carboxylic acids is 1. The first kappa shape index (κ1) is 21.4. The highest BCUT2D eigenvalue weighted by molar-refractivity contribution is 6.15. The number of fused-ring (bicyclic) bond motifs is 4. The summed E-state index contributed by atoms with van der Waals surface area (Å²) < 4.78 is 19.7. The van der Waals surface area contributed by atoms with Gasteiger partial charge >= 0.3 is 0 Å². The summed E-state index contributed by atoms with van der Waals surface area (Å²) in [7, 11) is 2.01. The van der Waals surface area contributed by atoms with Gasteiger partial charge in [0.1, 0.15) is 18.2 Å². The molecule has 4 heterocycles. The van der Waals surface area contributed by atoms with Gasteiger partial charge in [0.05, 0.1) is 24.3 Å². The van der Waals surface area contributed by atoms with Gasteiger partial charge in [0.25, 0.3) is 0 Å². The molecule has 0 radical (unpaired) electrons. The maximum absolute atomic E-state index is 13.2. The number of hydrogen-bond acceptors (Lipinski definition) is 6. The van der Waals surface area contributed by atoms with E-state index in [1.807, 2.05) is 43.6 Å². The maximum atomic E-state index is 13.2. The van der Waals surface area contributed by atoms with Gasteiger partial charge in [0.15, 0.2) is 5.76 Å². The van der Waals surface area contributed by atoms with Crippen LogP contribution in [0, 0.1) is 0 Å². The Morgan fingerprint density at radius 2 is 1.85 bits per heavy atom. The fraction of sp³-hybridized carbons (Fsp3) is 0.370. The lowest BCUT2D eigenvalue weighted by molar-refractivity contribution is 0.0329. The Bertz CT molecular complexity index is 1270. The molecule has 3 aromatic rings. The van der Waals surface area contributed by atoms with E-state index in [0.29, 0.717) is 23.8 Å². The predicted octanol–water partition coefficient (Wildman–Crippen LogP) is 3.67. The van der Waals surface area contributed by atoms with Gasteiger partial charge in [-0.25, -0.2) is 0 Å². The largest absolute Gasteiger partial charge is 0.478 e. The molecule has 0 N–H and O–H groups in total. The summed E-state index contributed by atoms with van der Waals surface area (Å²) in [6.07, 6.45) is 4.96. The molecule has 1 aromatic heterocycles. The zero-order chi connectivity index (χ0) is 23.1. The highest BCUT2D eigenvalue weighted by Crippen LogP contribution is 2.42. The second-order valence-corrected chi connectivity index (χ2v) is 9.20. The van der Waals surface area contributed by atoms with E-state index < -0.39 is 0 Å². The standard InChI is InChI=1S/C27H29N3O4/c1-28-16-19(20-5-2-3-6-23(20)28)15-25-26(31)21-7-8-24-22(27(21)34-25)17-30(18-33-24)10-4-9-29-11-13-32-14-12-29/h2-3,5-8,15-16H,4,9-14,17-18H2,1H3/b25-15-. The van der Waals surface area contributed by atoms with Crippen molar-refractivity contribution in [3.05, 3.63) is 65.0 Å². The molecule has 0 aliphatic carbocycles. The minimum atomic E-state index is -0.0739. The van der Waals surface area contributed by atoms with Crippen molar-refractivity contribution in [1.29, 1.82) is 0 Å². The Labute approximate surface area is 199 Å².